The van der Waals surface area contributed by atoms with E-state index in [1.54, 1.807) is 6.92 Å². The van der Waals surface area contributed by atoms with Crippen LogP contribution in [0.3, 0.4) is 0 Å². The van der Waals surface area contributed by atoms with Crippen molar-refractivity contribution in [1.29, 1.82) is 0 Å². The number of hydrogen-bond acceptors (Lipinski definition) is 5. The lowest BCUT2D eigenvalue weighted by Crippen LogP contribution is -2.30. The fourth-order valence-corrected chi connectivity index (χ4v) is 2.20. The maximum Gasteiger partial charge on any atom is 0.338 e. The van der Waals surface area contributed by atoms with E-state index in [0.29, 0.717) is 0 Å². The molecule has 1 aromatic rings. The first kappa shape index (κ1) is 14.9. The number of nitro benzene ring substituents is 1. The highest BCUT2D eigenvalue weighted by molar-refractivity contribution is 7.90. The second-order valence-corrected chi connectivity index (χ2v) is 4.90. The second-order valence-electron chi connectivity index (χ2n) is 3.40. The number of carboxylic acids is 1. The molecule has 1 aromatic carbocycles. The lowest BCUT2D eigenvalue weighted by atomic mass is 10.1. The molecule has 3 N–H and O–H groups in total. The monoisotopic (exact) mass is 289 g/mol. The first-order valence-corrected chi connectivity index (χ1v) is 6.54. The molecule has 0 heterocycles. The molecule has 0 spiro atoms. The van der Waals surface area contributed by atoms with Crippen LogP contribution in [0.4, 0.5) is 11.4 Å². The minimum atomic E-state index is -3.91. The van der Waals surface area contributed by atoms with E-state index in [9.17, 15) is 23.3 Å². The minimum absolute atomic E-state index is 0.116. The molecule has 0 aromatic heterocycles. The topological polar surface area (TPSA) is 139 Å². The smallest absolute Gasteiger partial charge is 0.338 e. The normalized spacial score (nSPS) is 11.0. The Morgan fingerprint density at radius 2 is 2.11 bits per heavy atom. The number of nitrogens with zero attached hydrogens (tertiary/aromatic N) is 1. The van der Waals surface area contributed by atoms with Crippen LogP contribution in [0.2, 0.25) is 0 Å². The van der Waals surface area contributed by atoms with Crippen LogP contribution in [-0.2, 0) is 10.2 Å². The molecule has 0 radical (unpaired) electrons. The highest BCUT2D eigenvalue weighted by Crippen LogP contribution is 2.22. The minimum Gasteiger partial charge on any atom is -0.478 e. The summed E-state index contributed by atoms with van der Waals surface area (Å²) in [5.74, 6) is -1.47. The molecule has 104 valence electrons. The van der Waals surface area contributed by atoms with Crippen LogP contribution in [0.5, 0.6) is 0 Å². The summed E-state index contributed by atoms with van der Waals surface area (Å²) in [6.45, 7) is 1.66. The number of anilines is 1. The van der Waals surface area contributed by atoms with Gasteiger partial charge in [0.25, 0.3) is 15.9 Å². The fourth-order valence-electron chi connectivity index (χ4n) is 1.28. The lowest BCUT2D eigenvalue weighted by molar-refractivity contribution is -0.384. The zero-order valence-corrected chi connectivity index (χ0v) is 10.6. The van der Waals surface area contributed by atoms with E-state index in [-0.39, 0.29) is 12.2 Å². The van der Waals surface area contributed by atoms with Gasteiger partial charge in [-0.1, -0.05) is 6.92 Å². The molecule has 0 bridgehead atoms. The first-order chi connectivity index (χ1) is 8.76. The van der Waals surface area contributed by atoms with E-state index in [1.807, 2.05) is 4.72 Å². The third kappa shape index (κ3) is 3.89. The van der Waals surface area contributed by atoms with Crippen molar-refractivity contribution in [2.75, 3.05) is 11.3 Å². The number of carbonyl (C=O) groups is 1. The van der Waals surface area contributed by atoms with Crippen molar-refractivity contribution >= 4 is 27.6 Å². The molecule has 19 heavy (non-hydrogen) atoms. The summed E-state index contributed by atoms with van der Waals surface area (Å²) in [6.07, 6.45) is 0. The first-order valence-electron chi connectivity index (χ1n) is 5.06. The van der Waals surface area contributed by atoms with Crippen molar-refractivity contribution in [2.24, 2.45) is 0 Å². The van der Waals surface area contributed by atoms with Crippen LogP contribution in [0.1, 0.15) is 17.3 Å². The SMILES string of the molecule is CCNS(=O)(=O)Nc1ccc([N+](=O)[O-])cc1C(=O)O. The predicted molar refractivity (Wildman–Crippen MR) is 66.3 cm³/mol. The van der Waals surface area contributed by atoms with Crippen molar-refractivity contribution in [3.63, 3.8) is 0 Å². The number of rotatable bonds is 6. The Labute approximate surface area is 108 Å². The molecule has 0 fully saturated rings. The van der Waals surface area contributed by atoms with Gasteiger partial charge in [0.15, 0.2) is 0 Å². The van der Waals surface area contributed by atoms with E-state index in [1.165, 1.54) is 0 Å². The van der Waals surface area contributed by atoms with Crippen LogP contribution >= 0.6 is 0 Å². The van der Waals surface area contributed by atoms with E-state index in [0.717, 1.165) is 18.2 Å². The molecular formula is C9H11N3O6S. The van der Waals surface area contributed by atoms with Crippen molar-refractivity contribution in [1.82, 2.24) is 4.72 Å². The molecule has 0 saturated heterocycles. The van der Waals surface area contributed by atoms with E-state index >= 15 is 0 Å². The van der Waals surface area contributed by atoms with Gasteiger partial charge in [0.1, 0.15) is 0 Å². The predicted octanol–water partition coefficient (Wildman–Crippen LogP) is 0.559. The number of aromatic carboxylic acids is 1. The number of nitro groups is 1. The summed E-state index contributed by atoms with van der Waals surface area (Å²) >= 11 is 0. The summed E-state index contributed by atoms with van der Waals surface area (Å²) in [4.78, 5) is 20.7. The van der Waals surface area contributed by atoms with E-state index in [4.69, 9.17) is 5.11 Å². The fraction of sp³-hybridized carbons (Fsp3) is 0.222. The Morgan fingerprint density at radius 3 is 2.58 bits per heavy atom. The molecule has 0 aliphatic rings. The summed E-state index contributed by atoms with van der Waals surface area (Å²) in [6, 6.07) is 2.82. The number of carboxylic acid groups (broad SMARTS) is 1. The van der Waals surface area contributed by atoms with Crippen molar-refractivity contribution in [3.8, 4) is 0 Å². The summed E-state index contributed by atoms with van der Waals surface area (Å²) in [7, 11) is -3.91. The van der Waals surface area contributed by atoms with Crippen LogP contribution in [0, 0.1) is 10.1 Å². The van der Waals surface area contributed by atoms with Gasteiger partial charge in [-0.15, -0.1) is 0 Å². The third-order valence-electron chi connectivity index (χ3n) is 2.02. The third-order valence-corrected chi connectivity index (χ3v) is 3.18. The van der Waals surface area contributed by atoms with Crippen LogP contribution < -0.4 is 9.44 Å². The van der Waals surface area contributed by atoms with Gasteiger partial charge in [-0.3, -0.25) is 14.8 Å². The van der Waals surface area contributed by atoms with Gasteiger partial charge in [0, 0.05) is 18.7 Å². The van der Waals surface area contributed by atoms with E-state index in [2.05, 4.69) is 4.72 Å². The molecule has 10 heteroatoms. The molecule has 9 nitrogen and oxygen atoms in total. The van der Waals surface area contributed by atoms with Gasteiger partial charge in [0.2, 0.25) is 0 Å². The second kappa shape index (κ2) is 5.63. The Morgan fingerprint density at radius 1 is 1.47 bits per heavy atom. The maximum atomic E-state index is 11.4. The molecule has 0 amide bonds. The Hall–Kier alpha value is -2.20. The van der Waals surface area contributed by atoms with Crippen LogP contribution in [0.25, 0.3) is 0 Å². The number of non-ortho nitro benzene ring substituents is 1. The standard InChI is InChI=1S/C9H11N3O6S/c1-2-10-19(17,18)11-8-4-3-6(12(15)16)5-7(8)9(13)14/h3-5,10-11H,2H2,1H3,(H,13,14). The lowest BCUT2D eigenvalue weighted by Gasteiger charge is -2.10. The van der Waals surface area contributed by atoms with Gasteiger partial charge in [-0.05, 0) is 6.07 Å². The van der Waals surface area contributed by atoms with Crippen molar-refractivity contribution in [3.05, 3.63) is 33.9 Å². The highest BCUT2D eigenvalue weighted by Gasteiger charge is 2.19. The quantitative estimate of drug-likeness (QED) is 0.516. The van der Waals surface area contributed by atoms with Gasteiger partial charge in [-0.2, -0.15) is 13.1 Å². The Bertz CT molecular complexity index is 612. The number of benzene rings is 1. The summed E-state index contributed by atoms with van der Waals surface area (Å²) in [5.41, 5.74) is -1.20. The molecule has 0 aliphatic carbocycles. The average molecular weight is 289 g/mol. The zero-order valence-electron chi connectivity index (χ0n) is 9.78. The van der Waals surface area contributed by atoms with E-state index < -0.39 is 32.4 Å². The van der Waals surface area contributed by atoms with Gasteiger partial charge < -0.3 is 5.11 Å². The molecule has 0 saturated carbocycles. The molecule has 0 atom stereocenters. The summed E-state index contributed by atoms with van der Waals surface area (Å²) < 4.78 is 27.0. The summed E-state index contributed by atoms with van der Waals surface area (Å²) in [5, 5.41) is 19.5. The number of hydrogen-bond donors (Lipinski definition) is 3. The van der Waals surface area contributed by atoms with Crippen molar-refractivity contribution in [2.45, 2.75) is 6.92 Å². The molecule has 0 aliphatic heterocycles. The number of nitrogens with one attached hydrogen (secondary N) is 2. The van der Waals surface area contributed by atoms with Crippen LogP contribution in [-0.4, -0.2) is 31.0 Å². The van der Waals surface area contributed by atoms with Gasteiger partial charge >= 0.3 is 5.97 Å². The van der Waals surface area contributed by atoms with Gasteiger partial charge in [-0.25, -0.2) is 4.79 Å². The average Bonchev–Trinajstić information content (AvgIpc) is 2.27. The Balaban J connectivity index is 3.21. The zero-order chi connectivity index (χ0) is 14.6. The molecule has 1 rings (SSSR count). The van der Waals surface area contributed by atoms with Crippen LogP contribution in [0.15, 0.2) is 18.2 Å². The highest BCUT2D eigenvalue weighted by atomic mass is 32.2. The molecule has 0 unspecified atom stereocenters. The largest absolute Gasteiger partial charge is 0.478 e. The molecular weight excluding hydrogens is 278 g/mol. The van der Waals surface area contributed by atoms with Crippen molar-refractivity contribution < 1.29 is 23.2 Å². The maximum absolute atomic E-state index is 11.4. The van der Waals surface area contributed by atoms with Gasteiger partial charge in [0.05, 0.1) is 16.2 Å². The Kier molecular flexibility index (Phi) is 4.40.